The number of nitrogens with one attached hydrogen (secondary N) is 2. The van der Waals surface area contributed by atoms with Crippen LogP contribution in [0.4, 0.5) is 0 Å². The highest BCUT2D eigenvalue weighted by Crippen LogP contribution is 1.91. The Bertz CT molecular complexity index is 109. The van der Waals surface area contributed by atoms with Crippen LogP contribution < -0.4 is 10.6 Å². The van der Waals surface area contributed by atoms with Crippen molar-refractivity contribution in [3.8, 4) is 0 Å². The minimum absolute atomic E-state index is 0. The van der Waals surface area contributed by atoms with Gasteiger partial charge in [0, 0.05) is 8.79 Å². The SMILES string of the molecule is CCCCCNCCC.CCCCCNCCC.[2HH].[2HH].[2H][2H].[2H][2H]. The molecule has 0 fully saturated rings. The van der Waals surface area contributed by atoms with Crippen molar-refractivity contribution < 1.29 is 8.79 Å². The lowest BCUT2D eigenvalue weighted by Gasteiger charge is -1.99. The normalized spacial score (nSPS) is 10.9. The van der Waals surface area contributed by atoms with Gasteiger partial charge in [-0.05, 0) is 51.9 Å². The summed E-state index contributed by atoms with van der Waals surface area (Å²) in [7, 11) is 0. The van der Waals surface area contributed by atoms with Gasteiger partial charge in [0.1, 0.15) is 0 Å². The van der Waals surface area contributed by atoms with E-state index in [1.54, 1.807) is 0 Å². The van der Waals surface area contributed by atoms with E-state index in [2.05, 4.69) is 38.3 Å². The average molecular weight is 273 g/mol. The standard InChI is InChI=1S/2C8H19N.4H2/c2*1-3-5-6-8-9-7-4-2;;;;/h2*9H,3-8H2,1-2H3;4*1H/i;;2*1+1D;2*1+1. The fraction of sp³-hybridized carbons (Fsp3) is 1.00. The molecule has 0 radical (unpaired) electrons. The summed E-state index contributed by atoms with van der Waals surface area (Å²) in [5, 5.41) is 6.74. The Hall–Kier alpha value is -0.0800. The van der Waals surface area contributed by atoms with Gasteiger partial charge in [-0.15, -0.1) is 0 Å². The van der Waals surface area contributed by atoms with E-state index in [0.29, 0.717) is 0 Å². The Morgan fingerprint density at radius 2 is 0.944 bits per heavy atom. The summed E-state index contributed by atoms with van der Waals surface area (Å²) in [6.45, 7) is 13.7. The summed E-state index contributed by atoms with van der Waals surface area (Å²) in [4.78, 5) is 0. The molecule has 0 atom stereocenters. The van der Waals surface area contributed by atoms with Crippen LogP contribution >= 0.6 is 0 Å². The van der Waals surface area contributed by atoms with Gasteiger partial charge in [0.2, 0.25) is 0 Å². The molecule has 0 heterocycles. The van der Waals surface area contributed by atoms with Crippen LogP contribution in [0.1, 0.15) is 87.9 Å². The van der Waals surface area contributed by atoms with E-state index in [-0.39, 0.29) is 2.85 Å². The highest BCUT2D eigenvalue weighted by atomic mass is 14.8. The lowest BCUT2D eigenvalue weighted by Crippen LogP contribution is -2.15. The molecule has 0 amide bonds. The fourth-order valence-corrected chi connectivity index (χ4v) is 1.60. The zero-order valence-electron chi connectivity index (χ0n) is 17.5. The Balaban J connectivity index is -0.0000000521. The van der Waals surface area contributed by atoms with Crippen LogP contribution in [0.2, 0.25) is 0 Å². The highest BCUT2D eigenvalue weighted by Gasteiger charge is 1.84. The predicted molar refractivity (Wildman–Crippen MR) is 93.8 cm³/mol. The third-order valence-corrected chi connectivity index (χ3v) is 2.77. The maximum Gasteiger partial charge on any atom is 0 e. The molecule has 2 heteroatoms. The summed E-state index contributed by atoms with van der Waals surface area (Å²) in [6, 6.07) is 0. The molecule has 0 unspecified atom stereocenters. The van der Waals surface area contributed by atoms with Crippen molar-refractivity contribution in [3.63, 3.8) is 0 Å². The molecule has 0 aliphatic rings. The van der Waals surface area contributed by atoms with Crippen LogP contribution in [0.25, 0.3) is 0 Å². The minimum atomic E-state index is 0. The summed E-state index contributed by atoms with van der Waals surface area (Å²) < 4.78 is 20.0. The largest absolute Gasteiger partial charge is 0.317 e. The Morgan fingerprint density at radius 3 is 1.22 bits per heavy atom. The molecule has 0 aromatic rings. The smallest absolute Gasteiger partial charge is 0 e. The third-order valence-electron chi connectivity index (χ3n) is 2.77. The van der Waals surface area contributed by atoms with Gasteiger partial charge >= 0.3 is 0 Å². The quantitative estimate of drug-likeness (QED) is 0.469. The molecule has 2 N–H and O–H groups in total. The van der Waals surface area contributed by atoms with Crippen LogP contribution in [-0.2, 0) is 0 Å². The zero-order chi connectivity index (χ0) is 17.9. The van der Waals surface area contributed by atoms with Crippen molar-refractivity contribution in [1.82, 2.24) is 10.6 Å². The number of hydrogen-bond acceptors (Lipinski definition) is 2. The molecule has 120 valence electrons. The van der Waals surface area contributed by atoms with E-state index >= 15 is 0 Å². The molecule has 18 heavy (non-hydrogen) atoms. The van der Waals surface area contributed by atoms with Gasteiger partial charge in [-0.25, -0.2) is 0 Å². The molecule has 0 rings (SSSR count). The molecule has 0 aliphatic heterocycles. The molecule has 0 bridgehead atoms. The second kappa shape index (κ2) is 22.1. The Labute approximate surface area is 125 Å². The topological polar surface area (TPSA) is 24.1 Å². The van der Waals surface area contributed by atoms with Crippen molar-refractivity contribution >= 4 is 0 Å². The number of rotatable bonds is 12. The van der Waals surface area contributed by atoms with Crippen molar-refractivity contribution in [2.45, 2.75) is 79.1 Å². The van der Waals surface area contributed by atoms with Crippen LogP contribution in [0.5, 0.6) is 0 Å². The zero-order valence-corrected chi connectivity index (χ0v) is 13.5. The van der Waals surface area contributed by atoms with Gasteiger partial charge in [0.25, 0.3) is 0 Å². The minimum Gasteiger partial charge on any atom is -0.317 e. The Morgan fingerprint density at radius 1 is 0.556 bits per heavy atom. The average Bonchev–Trinajstić information content (AvgIpc) is 2.59. The monoisotopic (exact) mass is 272 g/mol. The van der Waals surface area contributed by atoms with Gasteiger partial charge < -0.3 is 10.6 Å². The lowest BCUT2D eigenvalue weighted by molar-refractivity contribution is 0.611. The molecule has 0 saturated carbocycles. The molecule has 2 nitrogen and oxygen atoms in total. The van der Waals surface area contributed by atoms with Crippen LogP contribution in [0, 0.1) is 0 Å². The first-order valence-corrected chi connectivity index (χ1v) is 8.24. The first-order valence-electron chi connectivity index (χ1n) is 10.2. The summed E-state index contributed by atoms with van der Waals surface area (Å²) in [6.07, 6.45) is 10.6. The van der Waals surface area contributed by atoms with E-state index in [0.717, 1.165) is 0 Å². The van der Waals surface area contributed by atoms with E-state index in [1.807, 2.05) is 0 Å². The molecular formula is C16H46N2. The van der Waals surface area contributed by atoms with E-state index < -0.39 is 0 Å². The van der Waals surface area contributed by atoms with Crippen molar-refractivity contribution in [2.24, 2.45) is 0 Å². The van der Waals surface area contributed by atoms with Gasteiger partial charge in [-0.3, -0.25) is 0 Å². The fourth-order valence-electron chi connectivity index (χ4n) is 1.60. The number of hydrogen-bond donors (Lipinski definition) is 2. The molecule has 0 aliphatic carbocycles. The van der Waals surface area contributed by atoms with Crippen molar-refractivity contribution in [1.29, 1.82) is 0 Å². The van der Waals surface area contributed by atoms with Gasteiger partial charge in [-0.1, -0.05) is 53.4 Å². The molecule has 0 saturated heterocycles. The first-order chi connectivity index (χ1) is 10.8. The maximum absolute atomic E-state index is 5.00. The predicted octanol–water partition coefficient (Wildman–Crippen LogP) is 5.34. The van der Waals surface area contributed by atoms with Gasteiger partial charge in [0.05, 0.1) is 0 Å². The highest BCUT2D eigenvalue weighted by molar-refractivity contribution is 4.45. The molecule has 0 aromatic heterocycles. The molecular weight excluding hydrogens is 220 g/mol. The van der Waals surface area contributed by atoms with Crippen LogP contribution in [0.3, 0.4) is 0 Å². The second-order valence-electron chi connectivity index (χ2n) is 4.91. The third kappa shape index (κ3) is 24.9. The van der Waals surface area contributed by atoms with Crippen molar-refractivity contribution in [3.05, 3.63) is 0 Å². The Kier molecular flexibility index (Phi) is 19.6. The first kappa shape index (κ1) is 16.0. The maximum atomic E-state index is 5.00. The number of unbranched alkanes of at least 4 members (excludes halogenated alkanes) is 4. The van der Waals surface area contributed by atoms with E-state index in [1.165, 1.54) is 77.5 Å². The van der Waals surface area contributed by atoms with E-state index in [4.69, 9.17) is 5.94 Å². The molecule has 0 aromatic carbocycles. The summed E-state index contributed by atoms with van der Waals surface area (Å²) >= 11 is 0. The summed E-state index contributed by atoms with van der Waals surface area (Å²) in [5.41, 5.74) is 0. The van der Waals surface area contributed by atoms with Gasteiger partial charge in [-0.2, -0.15) is 0 Å². The molecule has 0 spiro atoms. The summed E-state index contributed by atoms with van der Waals surface area (Å²) in [5.74, 6) is 0. The van der Waals surface area contributed by atoms with Crippen LogP contribution in [0.15, 0.2) is 0 Å². The van der Waals surface area contributed by atoms with Crippen molar-refractivity contribution in [2.75, 3.05) is 26.2 Å². The van der Waals surface area contributed by atoms with Crippen LogP contribution in [-0.4, -0.2) is 26.2 Å². The van der Waals surface area contributed by atoms with Gasteiger partial charge in [0.15, 0.2) is 0 Å². The second-order valence-corrected chi connectivity index (χ2v) is 4.91. The van der Waals surface area contributed by atoms with E-state index in [9.17, 15) is 0 Å². The lowest BCUT2D eigenvalue weighted by atomic mass is 10.2.